The van der Waals surface area contributed by atoms with Crippen molar-refractivity contribution in [3.05, 3.63) is 0 Å². The Kier molecular flexibility index (Phi) is 17.0. The second-order valence-electron chi connectivity index (χ2n) is 7.16. The van der Waals surface area contributed by atoms with Crippen molar-refractivity contribution in [2.24, 2.45) is 0 Å². The highest BCUT2D eigenvalue weighted by molar-refractivity contribution is 5.77. The van der Waals surface area contributed by atoms with E-state index in [4.69, 9.17) is 4.74 Å². The molecule has 4 heteroatoms. The van der Waals surface area contributed by atoms with E-state index in [9.17, 15) is 9.59 Å². The first kappa shape index (κ1) is 23.9. The number of carbonyl (C=O) groups excluding carboxylic acids is 2. The fourth-order valence-corrected chi connectivity index (χ4v) is 2.83. The Morgan fingerprint density at radius 2 is 1.40 bits per heavy atom. The smallest absolute Gasteiger partial charge is 0.305 e. The number of hydrogen-bond donors (Lipinski definition) is 1. The van der Waals surface area contributed by atoms with Gasteiger partial charge in [0.05, 0.1) is 6.61 Å². The predicted molar refractivity (Wildman–Crippen MR) is 105 cm³/mol. The molecule has 1 amide bonds. The van der Waals surface area contributed by atoms with E-state index in [-0.39, 0.29) is 17.9 Å². The summed E-state index contributed by atoms with van der Waals surface area (Å²) in [6.45, 7) is 6.98. The lowest BCUT2D eigenvalue weighted by molar-refractivity contribution is -0.143. The molecule has 0 aliphatic carbocycles. The first-order valence-electron chi connectivity index (χ1n) is 10.5. The molecule has 0 aromatic heterocycles. The second kappa shape index (κ2) is 17.8. The van der Waals surface area contributed by atoms with Gasteiger partial charge in [0.15, 0.2) is 0 Å². The van der Waals surface area contributed by atoms with Crippen molar-refractivity contribution >= 4 is 11.9 Å². The molecule has 0 aromatic rings. The molecule has 0 bridgehead atoms. The van der Waals surface area contributed by atoms with Crippen LogP contribution in [0.4, 0.5) is 0 Å². The summed E-state index contributed by atoms with van der Waals surface area (Å²) in [5.74, 6) is -0.124. The Morgan fingerprint density at radius 3 is 2.08 bits per heavy atom. The van der Waals surface area contributed by atoms with Crippen LogP contribution in [0.2, 0.25) is 0 Å². The number of unbranched alkanes of at least 4 members (excludes halogenated alkanes) is 8. The van der Waals surface area contributed by atoms with E-state index in [1.165, 1.54) is 51.4 Å². The number of carbonyl (C=O) groups is 2. The third-order valence-electron chi connectivity index (χ3n) is 4.44. The van der Waals surface area contributed by atoms with Crippen molar-refractivity contribution in [1.29, 1.82) is 0 Å². The second-order valence-corrected chi connectivity index (χ2v) is 7.16. The summed E-state index contributed by atoms with van der Waals surface area (Å²) >= 11 is 0. The van der Waals surface area contributed by atoms with Gasteiger partial charge in [0.25, 0.3) is 0 Å². The van der Waals surface area contributed by atoms with Crippen LogP contribution in [0.25, 0.3) is 0 Å². The van der Waals surface area contributed by atoms with Crippen LogP contribution in [0, 0.1) is 0 Å². The van der Waals surface area contributed by atoms with E-state index in [1.807, 2.05) is 0 Å². The van der Waals surface area contributed by atoms with E-state index >= 15 is 0 Å². The van der Waals surface area contributed by atoms with Crippen LogP contribution in [0.15, 0.2) is 0 Å². The van der Waals surface area contributed by atoms with Crippen LogP contribution < -0.4 is 5.32 Å². The Bertz CT molecular complexity index is 331. The van der Waals surface area contributed by atoms with Crippen molar-refractivity contribution in [2.45, 2.75) is 117 Å². The summed E-state index contributed by atoms with van der Waals surface area (Å²) in [4.78, 5) is 23.5. The molecule has 148 valence electrons. The standard InChI is InChI=1S/C21H41NO3/c1-4-6-8-10-11-13-18-25-21(24)17-14-16-20(23)22-19(3)15-12-9-7-5-2/h19H,4-18H2,1-3H3,(H,22,23). The SMILES string of the molecule is CCCCCCCCOC(=O)CCCC(=O)NC(C)CCCCCC. The summed E-state index contributed by atoms with van der Waals surface area (Å²) in [6.07, 6.45) is 14.4. The van der Waals surface area contributed by atoms with Gasteiger partial charge in [0.2, 0.25) is 5.91 Å². The summed E-state index contributed by atoms with van der Waals surface area (Å²) in [5.41, 5.74) is 0. The lowest BCUT2D eigenvalue weighted by atomic mass is 10.1. The van der Waals surface area contributed by atoms with E-state index in [0.717, 1.165) is 19.3 Å². The first-order valence-corrected chi connectivity index (χ1v) is 10.5. The fraction of sp³-hybridized carbons (Fsp3) is 0.905. The van der Waals surface area contributed by atoms with E-state index in [1.54, 1.807) is 0 Å². The van der Waals surface area contributed by atoms with Crippen LogP contribution in [0.1, 0.15) is 111 Å². The van der Waals surface area contributed by atoms with Gasteiger partial charge in [-0.15, -0.1) is 0 Å². The van der Waals surface area contributed by atoms with Crippen molar-refractivity contribution in [2.75, 3.05) is 6.61 Å². The van der Waals surface area contributed by atoms with Crippen molar-refractivity contribution in [3.63, 3.8) is 0 Å². The van der Waals surface area contributed by atoms with Gasteiger partial charge in [-0.3, -0.25) is 9.59 Å². The molecule has 0 spiro atoms. The highest BCUT2D eigenvalue weighted by Crippen LogP contribution is 2.07. The molecule has 0 aliphatic rings. The molecule has 0 radical (unpaired) electrons. The van der Waals surface area contributed by atoms with E-state index < -0.39 is 0 Å². The Labute approximate surface area is 155 Å². The fourth-order valence-electron chi connectivity index (χ4n) is 2.83. The molecule has 0 fully saturated rings. The van der Waals surface area contributed by atoms with Crippen LogP contribution in [-0.2, 0) is 14.3 Å². The normalized spacial score (nSPS) is 12.0. The number of hydrogen-bond acceptors (Lipinski definition) is 3. The monoisotopic (exact) mass is 355 g/mol. The summed E-state index contributed by atoms with van der Waals surface area (Å²) < 4.78 is 5.22. The average molecular weight is 356 g/mol. The molecule has 0 heterocycles. The minimum Gasteiger partial charge on any atom is -0.466 e. The van der Waals surface area contributed by atoms with Crippen LogP contribution in [0.5, 0.6) is 0 Å². The lowest BCUT2D eigenvalue weighted by Gasteiger charge is -2.13. The third kappa shape index (κ3) is 17.6. The van der Waals surface area contributed by atoms with E-state index in [0.29, 0.717) is 25.9 Å². The highest BCUT2D eigenvalue weighted by Gasteiger charge is 2.09. The average Bonchev–Trinajstić information content (AvgIpc) is 2.58. The van der Waals surface area contributed by atoms with Crippen LogP contribution in [-0.4, -0.2) is 24.5 Å². The summed E-state index contributed by atoms with van der Waals surface area (Å²) in [6, 6.07) is 0.226. The molecule has 0 aliphatic heterocycles. The first-order chi connectivity index (χ1) is 12.1. The summed E-state index contributed by atoms with van der Waals surface area (Å²) in [7, 11) is 0. The number of esters is 1. The molecule has 0 saturated heterocycles. The molecule has 1 N–H and O–H groups in total. The van der Waals surface area contributed by atoms with Crippen molar-refractivity contribution in [1.82, 2.24) is 5.32 Å². The van der Waals surface area contributed by atoms with Gasteiger partial charge < -0.3 is 10.1 Å². The van der Waals surface area contributed by atoms with Gasteiger partial charge in [-0.25, -0.2) is 0 Å². The minimum absolute atomic E-state index is 0.0479. The zero-order valence-corrected chi connectivity index (χ0v) is 16.9. The number of nitrogens with one attached hydrogen (secondary N) is 1. The number of rotatable bonds is 17. The predicted octanol–water partition coefficient (Wildman–Crippen LogP) is 5.54. The molecule has 0 rings (SSSR count). The molecule has 4 nitrogen and oxygen atoms in total. The van der Waals surface area contributed by atoms with Crippen molar-refractivity contribution in [3.8, 4) is 0 Å². The van der Waals surface area contributed by atoms with Crippen LogP contribution in [0.3, 0.4) is 0 Å². The molecule has 1 atom stereocenters. The van der Waals surface area contributed by atoms with Gasteiger partial charge in [-0.1, -0.05) is 71.6 Å². The zero-order valence-electron chi connectivity index (χ0n) is 16.9. The molecular weight excluding hydrogens is 314 g/mol. The Balaban J connectivity index is 3.48. The lowest BCUT2D eigenvalue weighted by Crippen LogP contribution is -2.32. The highest BCUT2D eigenvalue weighted by atomic mass is 16.5. The molecule has 1 unspecified atom stereocenters. The summed E-state index contributed by atoms with van der Waals surface area (Å²) in [5, 5.41) is 3.02. The molecule has 25 heavy (non-hydrogen) atoms. The van der Waals surface area contributed by atoms with Crippen molar-refractivity contribution < 1.29 is 14.3 Å². The van der Waals surface area contributed by atoms with Crippen LogP contribution >= 0.6 is 0 Å². The number of ether oxygens (including phenoxy) is 1. The van der Waals surface area contributed by atoms with Gasteiger partial charge in [0.1, 0.15) is 0 Å². The van der Waals surface area contributed by atoms with E-state index in [2.05, 4.69) is 26.1 Å². The maximum atomic E-state index is 11.8. The topological polar surface area (TPSA) is 55.4 Å². The maximum Gasteiger partial charge on any atom is 0.305 e. The van der Waals surface area contributed by atoms with Gasteiger partial charge in [-0.2, -0.15) is 0 Å². The molecular formula is C21H41NO3. The zero-order chi connectivity index (χ0) is 18.8. The number of amides is 1. The Morgan fingerprint density at radius 1 is 0.800 bits per heavy atom. The molecule has 0 aromatic carbocycles. The van der Waals surface area contributed by atoms with Gasteiger partial charge in [0, 0.05) is 18.9 Å². The van der Waals surface area contributed by atoms with Gasteiger partial charge >= 0.3 is 5.97 Å². The quantitative estimate of drug-likeness (QED) is 0.275. The molecule has 0 saturated carbocycles. The largest absolute Gasteiger partial charge is 0.466 e. The Hall–Kier alpha value is -1.06. The minimum atomic E-state index is -0.172. The maximum absolute atomic E-state index is 11.8. The van der Waals surface area contributed by atoms with Gasteiger partial charge in [-0.05, 0) is 26.2 Å². The third-order valence-corrected chi connectivity index (χ3v) is 4.44.